The molecule has 0 N–H and O–H groups in total. The number of piperazine rings is 1. The van der Waals surface area contributed by atoms with Gasteiger partial charge in [-0.3, -0.25) is 14.6 Å². The van der Waals surface area contributed by atoms with Crippen LogP contribution in [0.2, 0.25) is 0 Å². The lowest BCUT2D eigenvalue weighted by atomic mass is 9.87. The molecule has 1 aromatic rings. The van der Waals surface area contributed by atoms with E-state index in [-0.39, 0.29) is 11.8 Å². The molecule has 2 bridgehead atoms. The van der Waals surface area contributed by atoms with Crippen LogP contribution in [-0.2, 0) is 4.79 Å². The molecule has 23 heavy (non-hydrogen) atoms. The van der Waals surface area contributed by atoms with E-state index in [1.165, 1.54) is 19.3 Å². The average molecular weight is 313 g/mol. The molecule has 1 saturated heterocycles. The van der Waals surface area contributed by atoms with Gasteiger partial charge in [0.05, 0.1) is 0 Å². The third-order valence-electron chi connectivity index (χ3n) is 5.86. The first-order valence-electron chi connectivity index (χ1n) is 8.70. The Balaban J connectivity index is 1.34. The zero-order valence-corrected chi connectivity index (χ0v) is 13.4. The van der Waals surface area contributed by atoms with Crippen LogP contribution in [-0.4, -0.2) is 52.8 Å². The van der Waals surface area contributed by atoms with E-state index in [0.29, 0.717) is 43.6 Å². The van der Waals surface area contributed by atoms with Crippen LogP contribution in [0.15, 0.2) is 24.5 Å². The van der Waals surface area contributed by atoms with Crippen molar-refractivity contribution in [1.82, 2.24) is 14.8 Å². The number of hydrogen-bond donors (Lipinski definition) is 0. The van der Waals surface area contributed by atoms with Gasteiger partial charge in [-0.2, -0.15) is 0 Å². The fraction of sp³-hybridized carbons (Fsp3) is 0.611. The normalized spacial score (nSPS) is 29.8. The molecule has 5 nitrogen and oxygen atoms in total. The second-order valence-corrected chi connectivity index (χ2v) is 7.13. The molecule has 2 amide bonds. The summed E-state index contributed by atoms with van der Waals surface area (Å²) in [6, 6.07) is 3.49. The van der Waals surface area contributed by atoms with Crippen LogP contribution in [0, 0.1) is 17.8 Å². The van der Waals surface area contributed by atoms with E-state index in [1.54, 1.807) is 24.5 Å². The van der Waals surface area contributed by atoms with E-state index < -0.39 is 0 Å². The highest BCUT2D eigenvalue weighted by molar-refractivity contribution is 5.94. The van der Waals surface area contributed by atoms with Gasteiger partial charge in [0.2, 0.25) is 5.91 Å². The molecule has 1 aliphatic heterocycles. The van der Waals surface area contributed by atoms with Crippen molar-refractivity contribution in [1.29, 1.82) is 0 Å². The summed E-state index contributed by atoms with van der Waals surface area (Å²) in [4.78, 5) is 33.0. The van der Waals surface area contributed by atoms with Gasteiger partial charge in [0.1, 0.15) is 0 Å². The third-order valence-corrected chi connectivity index (χ3v) is 5.86. The lowest BCUT2D eigenvalue weighted by Gasteiger charge is -2.37. The van der Waals surface area contributed by atoms with Crippen molar-refractivity contribution < 1.29 is 9.59 Å². The first-order chi connectivity index (χ1) is 11.2. The number of carbonyl (C=O) groups excluding carboxylic acids is 2. The Hall–Kier alpha value is -1.91. The molecule has 3 aliphatic rings. The molecule has 0 radical (unpaired) electrons. The molecule has 2 saturated carbocycles. The van der Waals surface area contributed by atoms with Crippen LogP contribution in [0.3, 0.4) is 0 Å². The third kappa shape index (κ3) is 2.73. The Labute approximate surface area is 136 Å². The summed E-state index contributed by atoms with van der Waals surface area (Å²) in [5.74, 6) is 2.07. The zero-order chi connectivity index (χ0) is 15.8. The number of hydrogen-bond acceptors (Lipinski definition) is 3. The topological polar surface area (TPSA) is 53.5 Å². The van der Waals surface area contributed by atoms with Crippen molar-refractivity contribution in [2.75, 3.05) is 26.2 Å². The van der Waals surface area contributed by atoms with E-state index in [1.807, 2.05) is 9.80 Å². The fourth-order valence-electron chi connectivity index (χ4n) is 4.59. The van der Waals surface area contributed by atoms with Crippen LogP contribution < -0.4 is 0 Å². The predicted octanol–water partition coefficient (Wildman–Crippen LogP) is 1.80. The SMILES string of the molecule is O=C(c1ccncc1)N1CCN(C(=O)C2CC3CCC2C3)CC1. The fourth-order valence-corrected chi connectivity index (χ4v) is 4.59. The smallest absolute Gasteiger partial charge is 0.254 e. The summed E-state index contributed by atoms with van der Waals surface area (Å²) < 4.78 is 0. The van der Waals surface area contributed by atoms with Crippen molar-refractivity contribution in [3.8, 4) is 0 Å². The maximum atomic E-state index is 12.8. The number of amides is 2. The molecule has 3 unspecified atom stereocenters. The molecular formula is C18H23N3O2. The average Bonchev–Trinajstić information content (AvgIpc) is 3.25. The maximum absolute atomic E-state index is 12.8. The van der Waals surface area contributed by atoms with Gasteiger partial charge in [0.15, 0.2) is 0 Å². The Morgan fingerprint density at radius 1 is 0.957 bits per heavy atom. The monoisotopic (exact) mass is 313 g/mol. The lowest BCUT2D eigenvalue weighted by Crippen LogP contribution is -2.52. The van der Waals surface area contributed by atoms with E-state index in [2.05, 4.69) is 4.98 Å². The minimum absolute atomic E-state index is 0.0411. The zero-order valence-electron chi connectivity index (χ0n) is 13.4. The molecule has 2 heterocycles. The highest BCUT2D eigenvalue weighted by Gasteiger charge is 2.44. The van der Waals surface area contributed by atoms with Gasteiger partial charge in [0, 0.05) is 50.1 Å². The van der Waals surface area contributed by atoms with Crippen LogP contribution in [0.1, 0.15) is 36.0 Å². The van der Waals surface area contributed by atoms with E-state index >= 15 is 0 Å². The molecule has 2 aliphatic carbocycles. The summed E-state index contributed by atoms with van der Waals surface area (Å²) in [6.07, 6.45) is 8.20. The Bertz CT molecular complexity index is 596. The Morgan fingerprint density at radius 3 is 2.26 bits per heavy atom. The minimum atomic E-state index is 0.0411. The van der Waals surface area contributed by atoms with Crippen molar-refractivity contribution in [2.45, 2.75) is 25.7 Å². The minimum Gasteiger partial charge on any atom is -0.339 e. The second kappa shape index (κ2) is 5.95. The van der Waals surface area contributed by atoms with Gasteiger partial charge in [0.25, 0.3) is 5.91 Å². The number of pyridine rings is 1. The predicted molar refractivity (Wildman–Crippen MR) is 85.7 cm³/mol. The van der Waals surface area contributed by atoms with Gasteiger partial charge in [-0.25, -0.2) is 0 Å². The molecule has 5 heteroatoms. The number of rotatable bonds is 2. The molecule has 122 valence electrons. The molecule has 3 fully saturated rings. The number of nitrogens with zero attached hydrogens (tertiary/aromatic N) is 3. The van der Waals surface area contributed by atoms with Crippen LogP contribution in [0.5, 0.6) is 0 Å². The van der Waals surface area contributed by atoms with Crippen LogP contribution >= 0.6 is 0 Å². The highest BCUT2D eigenvalue weighted by atomic mass is 16.2. The molecule has 0 aromatic carbocycles. The van der Waals surface area contributed by atoms with Crippen molar-refractivity contribution in [3.05, 3.63) is 30.1 Å². The van der Waals surface area contributed by atoms with Gasteiger partial charge < -0.3 is 9.80 Å². The van der Waals surface area contributed by atoms with Gasteiger partial charge >= 0.3 is 0 Å². The van der Waals surface area contributed by atoms with Crippen molar-refractivity contribution in [2.24, 2.45) is 17.8 Å². The molecular weight excluding hydrogens is 290 g/mol. The Morgan fingerprint density at radius 2 is 1.65 bits per heavy atom. The highest BCUT2D eigenvalue weighted by Crippen LogP contribution is 2.48. The first kappa shape index (κ1) is 14.7. The van der Waals surface area contributed by atoms with E-state index in [4.69, 9.17) is 0 Å². The first-order valence-corrected chi connectivity index (χ1v) is 8.70. The molecule has 3 atom stereocenters. The second-order valence-electron chi connectivity index (χ2n) is 7.13. The summed E-state index contributed by atoms with van der Waals surface area (Å²) in [5.41, 5.74) is 0.674. The Kier molecular flexibility index (Phi) is 3.79. The number of fused-ring (bicyclic) bond motifs is 2. The van der Waals surface area contributed by atoms with Crippen molar-refractivity contribution in [3.63, 3.8) is 0 Å². The van der Waals surface area contributed by atoms with Crippen molar-refractivity contribution >= 4 is 11.8 Å². The van der Waals surface area contributed by atoms with Crippen LogP contribution in [0.4, 0.5) is 0 Å². The lowest BCUT2D eigenvalue weighted by molar-refractivity contribution is -0.138. The molecule has 1 aromatic heterocycles. The van der Waals surface area contributed by atoms with E-state index in [0.717, 1.165) is 12.3 Å². The summed E-state index contributed by atoms with van der Waals surface area (Å²) >= 11 is 0. The largest absolute Gasteiger partial charge is 0.339 e. The summed E-state index contributed by atoms with van der Waals surface area (Å²) in [5, 5.41) is 0. The quantitative estimate of drug-likeness (QED) is 0.836. The standard InChI is InChI=1S/C18H23N3O2/c22-17(14-3-5-19-6-4-14)20-7-9-21(10-8-20)18(23)16-12-13-1-2-15(16)11-13/h3-6,13,15-16H,1-2,7-12H2. The van der Waals surface area contributed by atoms with Crippen LogP contribution in [0.25, 0.3) is 0 Å². The molecule has 0 spiro atoms. The van der Waals surface area contributed by atoms with E-state index in [9.17, 15) is 9.59 Å². The summed E-state index contributed by atoms with van der Waals surface area (Å²) in [7, 11) is 0. The summed E-state index contributed by atoms with van der Waals surface area (Å²) in [6.45, 7) is 2.61. The van der Waals surface area contributed by atoms with Gasteiger partial charge in [-0.15, -0.1) is 0 Å². The molecule has 4 rings (SSSR count). The van der Waals surface area contributed by atoms with Gasteiger partial charge in [-0.05, 0) is 43.2 Å². The number of carbonyl (C=O) groups is 2. The maximum Gasteiger partial charge on any atom is 0.254 e. The van der Waals surface area contributed by atoms with Gasteiger partial charge in [-0.1, -0.05) is 6.42 Å². The number of aromatic nitrogens is 1.